The van der Waals surface area contributed by atoms with Crippen LogP contribution >= 0.6 is 0 Å². The van der Waals surface area contributed by atoms with Crippen molar-refractivity contribution in [1.82, 2.24) is 4.98 Å². The second-order valence-corrected chi connectivity index (χ2v) is 8.29. The summed E-state index contributed by atoms with van der Waals surface area (Å²) >= 11 is 0. The number of aromatic nitrogens is 1. The minimum atomic E-state index is -3.69. The Morgan fingerprint density at radius 3 is 2.36 bits per heavy atom. The highest BCUT2D eigenvalue weighted by atomic mass is 32.2. The largest absolute Gasteiger partial charge is 0.495 e. The smallest absolute Gasteiger partial charge is 0.263 e. The van der Waals surface area contributed by atoms with Crippen molar-refractivity contribution in [3.63, 3.8) is 0 Å². The molecule has 0 bridgehead atoms. The molecule has 0 aliphatic rings. The van der Waals surface area contributed by atoms with Gasteiger partial charge in [-0.1, -0.05) is 12.1 Å². The Balaban J connectivity index is 1.77. The molecule has 0 aliphatic heterocycles. The number of benzene rings is 2. The Morgan fingerprint density at radius 1 is 0.929 bits per heavy atom. The maximum Gasteiger partial charge on any atom is 0.263 e. The van der Waals surface area contributed by atoms with Crippen LogP contribution in [0, 0.1) is 20.8 Å². The van der Waals surface area contributed by atoms with E-state index in [0.717, 1.165) is 28.1 Å². The van der Waals surface area contributed by atoms with Gasteiger partial charge in [0.2, 0.25) is 0 Å². The number of nitrogens with zero attached hydrogens (tertiary/aromatic N) is 1. The summed E-state index contributed by atoms with van der Waals surface area (Å²) in [6.07, 6.45) is 1.57. The molecule has 3 rings (SSSR count). The zero-order valence-electron chi connectivity index (χ0n) is 16.3. The number of anilines is 3. The van der Waals surface area contributed by atoms with E-state index < -0.39 is 10.0 Å². The van der Waals surface area contributed by atoms with E-state index in [1.54, 1.807) is 43.6 Å². The molecule has 1 aromatic heterocycles. The standard InChI is InChI=1S/C21H23N3O3S/c1-14-5-9-20(27-4)19(11-14)23-17-7-10-21(22-13-17)24-28(25,26)18-8-6-15(2)16(3)12-18/h5-13,23H,1-4H3,(H,22,24). The Hall–Kier alpha value is -3.06. The van der Waals surface area contributed by atoms with Crippen LogP contribution in [0.15, 0.2) is 59.6 Å². The first-order valence-electron chi connectivity index (χ1n) is 8.76. The molecule has 0 fully saturated rings. The second-order valence-electron chi connectivity index (χ2n) is 6.61. The van der Waals surface area contributed by atoms with Gasteiger partial charge in [0.25, 0.3) is 10.0 Å². The zero-order chi connectivity index (χ0) is 20.3. The van der Waals surface area contributed by atoms with Crippen molar-refractivity contribution in [1.29, 1.82) is 0 Å². The summed E-state index contributed by atoms with van der Waals surface area (Å²) in [7, 11) is -2.08. The minimum absolute atomic E-state index is 0.212. The van der Waals surface area contributed by atoms with Crippen molar-refractivity contribution in [2.45, 2.75) is 25.7 Å². The molecule has 3 aromatic rings. The SMILES string of the molecule is COc1ccc(C)cc1Nc1ccc(NS(=O)(=O)c2ccc(C)c(C)c2)nc1. The van der Waals surface area contributed by atoms with Crippen LogP contribution in [0.5, 0.6) is 5.75 Å². The molecule has 28 heavy (non-hydrogen) atoms. The van der Waals surface area contributed by atoms with E-state index in [1.165, 1.54) is 0 Å². The van der Waals surface area contributed by atoms with Gasteiger partial charge >= 0.3 is 0 Å². The maximum absolute atomic E-state index is 12.6. The van der Waals surface area contributed by atoms with Gasteiger partial charge in [0.15, 0.2) is 0 Å². The first kappa shape index (κ1) is 19.7. The minimum Gasteiger partial charge on any atom is -0.495 e. The van der Waals surface area contributed by atoms with E-state index in [1.807, 2.05) is 39.0 Å². The van der Waals surface area contributed by atoms with Crippen molar-refractivity contribution in [3.8, 4) is 5.75 Å². The molecule has 146 valence electrons. The van der Waals surface area contributed by atoms with E-state index >= 15 is 0 Å². The molecule has 6 nitrogen and oxygen atoms in total. The van der Waals surface area contributed by atoms with Crippen molar-refractivity contribution in [2.24, 2.45) is 0 Å². The van der Waals surface area contributed by atoms with E-state index in [4.69, 9.17) is 4.74 Å². The van der Waals surface area contributed by atoms with Crippen LogP contribution in [0.1, 0.15) is 16.7 Å². The van der Waals surface area contributed by atoms with Crippen LogP contribution in [0.2, 0.25) is 0 Å². The third kappa shape index (κ3) is 4.43. The summed E-state index contributed by atoms with van der Waals surface area (Å²) in [4.78, 5) is 4.42. The van der Waals surface area contributed by atoms with E-state index in [9.17, 15) is 8.42 Å². The quantitative estimate of drug-likeness (QED) is 0.637. The van der Waals surface area contributed by atoms with Gasteiger partial charge in [-0.05, 0) is 73.9 Å². The monoisotopic (exact) mass is 397 g/mol. The van der Waals surface area contributed by atoms with Crippen LogP contribution in [0.3, 0.4) is 0 Å². The van der Waals surface area contributed by atoms with Crippen molar-refractivity contribution >= 4 is 27.2 Å². The number of sulfonamides is 1. The molecule has 0 spiro atoms. The molecule has 2 aromatic carbocycles. The lowest BCUT2D eigenvalue weighted by Crippen LogP contribution is -2.14. The third-order valence-electron chi connectivity index (χ3n) is 4.43. The molecule has 0 saturated carbocycles. The van der Waals surface area contributed by atoms with Crippen molar-refractivity contribution in [3.05, 3.63) is 71.4 Å². The van der Waals surface area contributed by atoms with Crippen molar-refractivity contribution in [2.75, 3.05) is 17.1 Å². The fourth-order valence-corrected chi connectivity index (χ4v) is 3.77. The highest BCUT2D eigenvalue weighted by molar-refractivity contribution is 7.92. The molecule has 0 aliphatic carbocycles. The molecule has 0 unspecified atom stereocenters. The third-order valence-corrected chi connectivity index (χ3v) is 5.78. The first-order chi connectivity index (χ1) is 13.3. The Kier molecular flexibility index (Phi) is 5.56. The lowest BCUT2D eigenvalue weighted by Gasteiger charge is -2.13. The number of hydrogen-bond donors (Lipinski definition) is 2. The van der Waals surface area contributed by atoms with Crippen molar-refractivity contribution < 1.29 is 13.2 Å². The van der Waals surface area contributed by atoms with Gasteiger partial charge in [-0.15, -0.1) is 0 Å². The fourth-order valence-electron chi connectivity index (χ4n) is 2.68. The van der Waals surface area contributed by atoms with Crippen LogP contribution in [-0.2, 0) is 10.0 Å². The second kappa shape index (κ2) is 7.90. The topological polar surface area (TPSA) is 80.3 Å². The summed E-state index contributed by atoms with van der Waals surface area (Å²) in [6.45, 7) is 5.82. The van der Waals surface area contributed by atoms with Gasteiger partial charge in [0.1, 0.15) is 11.6 Å². The predicted octanol–water partition coefficient (Wildman–Crippen LogP) is 4.56. The van der Waals surface area contributed by atoms with E-state index in [2.05, 4.69) is 15.0 Å². The molecule has 7 heteroatoms. The molecule has 0 atom stereocenters. The van der Waals surface area contributed by atoms with E-state index in [-0.39, 0.29) is 10.7 Å². The lowest BCUT2D eigenvalue weighted by molar-refractivity contribution is 0.416. The zero-order valence-corrected chi connectivity index (χ0v) is 17.1. The Morgan fingerprint density at radius 2 is 1.71 bits per heavy atom. The lowest BCUT2D eigenvalue weighted by atomic mass is 10.1. The average Bonchev–Trinajstić information content (AvgIpc) is 2.65. The number of rotatable bonds is 6. The summed E-state index contributed by atoms with van der Waals surface area (Å²) in [5.74, 6) is 0.963. The number of methoxy groups -OCH3 is 1. The van der Waals surface area contributed by atoms with Gasteiger partial charge in [0, 0.05) is 0 Å². The average molecular weight is 398 g/mol. The molecule has 1 heterocycles. The van der Waals surface area contributed by atoms with Crippen LogP contribution in [-0.4, -0.2) is 20.5 Å². The predicted molar refractivity (Wildman–Crippen MR) is 112 cm³/mol. The van der Waals surface area contributed by atoms with Gasteiger partial charge in [-0.3, -0.25) is 4.72 Å². The highest BCUT2D eigenvalue weighted by Crippen LogP contribution is 2.28. The molecule has 0 radical (unpaired) electrons. The molecular weight excluding hydrogens is 374 g/mol. The maximum atomic E-state index is 12.6. The first-order valence-corrected chi connectivity index (χ1v) is 10.2. The molecule has 0 saturated heterocycles. The fraction of sp³-hybridized carbons (Fsp3) is 0.190. The van der Waals surface area contributed by atoms with Crippen LogP contribution in [0.4, 0.5) is 17.2 Å². The molecular formula is C21H23N3O3S. The molecule has 0 amide bonds. The number of ether oxygens (including phenoxy) is 1. The number of pyridine rings is 1. The Labute approximate surface area is 165 Å². The highest BCUT2D eigenvalue weighted by Gasteiger charge is 2.15. The Bertz CT molecular complexity index is 1090. The van der Waals surface area contributed by atoms with Gasteiger partial charge in [-0.2, -0.15) is 0 Å². The van der Waals surface area contributed by atoms with Crippen LogP contribution in [0.25, 0.3) is 0 Å². The van der Waals surface area contributed by atoms with Gasteiger partial charge in [0.05, 0.1) is 29.6 Å². The molecule has 2 N–H and O–H groups in total. The number of hydrogen-bond acceptors (Lipinski definition) is 5. The van der Waals surface area contributed by atoms with Gasteiger partial charge < -0.3 is 10.1 Å². The summed E-state index contributed by atoms with van der Waals surface area (Å²) in [5.41, 5.74) is 4.58. The summed E-state index contributed by atoms with van der Waals surface area (Å²) in [6, 6.07) is 14.2. The number of nitrogens with one attached hydrogen (secondary N) is 2. The van der Waals surface area contributed by atoms with Crippen LogP contribution < -0.4 is 14.8 Å². The number of aryl methyl sites for hydroxylation is 3. The normalized spacial score (nSPS) is 11.1. The van der Waals surface area contributed by atoms with Gasteiger partial charge in [-0.25, -0.2) is 13.4 Å². The summed E-state index contributed by atoms with van der Waals surface area (Å²) < 4.78 is 33.0. The summed E-state index contributed by atoms with van der Waals surface area (Å²) in [5, 5.41) is 3.23. The van der Waals surface area contributed by atoms with E-state index in [0.29, 0.717) is 5.75 Å².